The Morgan fingerprint density at radius 3 is 3.20 bits per heavy atom. The summed E-state index contributed by atoms with van der Waals surface area (Å²) in [6.07, 6.45) is 1.64. The van der Waals surface area contributed by atoms with Crippen LogP contribution in [0.4, 0.5) is 0 Å². The summed E-state index contributed by atoms with van der Waals surface area (Å²) in [5, 5.41) is 8.63. The third-order valence-electron chi connectivity index (χ3n) is 2.40. The van der Waals surface area contributed by atoms with Gasteiger partial charge in [-0.2, -0.15) is 11.8 Å². The van der Waals surface area contributed by atoms with E-state index in [1.807, 2.05) is 17.8 Å². The van der Waals surface area contributed by atoms with Gasteiger partial charge in [0.25, 0.3) is 0 Å². The number of fused-ring (bicyclic) bond motifs is 1. The van der Waals surface area contributed by atoms with Crippen molar-refractivity contribution in [3.8, 4) is 0 Å². The number of rotatable bonds is 3. The van der Waals surface area contributed by atoms with E-state index in [9.17, 15) is 4.79 Å². The molecule has 0 bridgehead atoms. The number of carboxylic acids is 1. The van der Waals surface area contributed by atoms with Crippen molar-refractivity contribution < 1.29 is 9.90 Å². The van der Waals surface area contributed by atoms with Crippen LogP contribution in [0.2, 0.25) is 0 Å². The van der Waals surface area contributed by atoms with Gasteiger partial charge in [-0.05, 0) is 17.2 Å². The Morgan fingerprint density at radius 1 is 1.67 bits per heavy atom. The highest BCUT2D eigenvalue weighted by Gasteiger charge is 2.16. The van der Waals surface area contributed by atoms with E-state index in [0.29, 0.717) is 0 Å². The molecule has 3 N–H and O–H groups in total. The number of hydrogen-bond donors (Lipinski definition) is 2. The lowest BCUT2D eigenvalue weighted by Crippen LogP contribution is -2.15. The van der Waals surface area contributed by atoms with Crippen LogP contribution in [0.1, 0.15) is 29.3 Å². The first-order valence-electron chi connectivity index (χ1n) is 4.69. The van der Waals surface area contributed by atoms with Crippen LogP contribution in [0.15, 0.2) is 12.3 Å². The molecular weight excluding hydrogens is 212 g/mol. The number of carbonyl (C=O) groups is 1. The van der Waals surface area contributed by atoms with Gasteiger partial charge in [0.1, 0.15) is 0 Å². The van der Waals surface area contributed by atoms with E-state index in [4.69, 9.17) is 10.8 Å². The van der Waals surface area contributed by atoms with E-state index in [2.05, 4.69) is 4.98 Å². The van der Waals surface area contributed by atoms with Crippen LogP contribution in [-0.4, -0.2) is 16.1 Å². The third-order valence-corrected chi connectivity index (χ3v) is 3.39. The molecule has 1 unspecified atom stereocenters. The topological polar surface area (TPSA) is 76.2 Å². The van der Waals surface area contributed by atoms with Crippen molar-refractivity contribution >= 4 is 17.7 Å². The fraction of sp³-hybridized carbons (Fsp3) is 0.400. The van der Waals surface area contributed by atoms with Crippen molar-refractivity contribution in [1.82, 2.24) is 4.98 Å². The monoisotopic (exact) mass is 224 g/mol. The van der Waals surface area contributed by atoms with Crippen LogP contribution in [0, 0.1) is 0 Å². The maximum atomic E-state index is 10.5. The Bertz CT molecular complexity index is 395. The first kappa shape index (κ1) is 10.4. The van der Waals surface area contributed by atoms with E-state index in [0.717, 1.165) is 22.8 Å². The van der Waals surface area contributed by atoms with Gasteiger partial charge < -0.3 is 10.8 Å². The number of aliphatic carboxylic acids is 1. The molecule has 1 aliphatic rings. The molecule has 15 heavy (non-hydrogen) atoms. The molecule has 80 valence electrons. The molecule has 0 amide bonds. The summed E-state index contributed by atoms with van der Waals surface area (Å²) in [5.74, 6) is 1.03. The molecule has 0 fully saturated rings. The zero-order chi connectivity index (χ0) is 10.8. The van der Waals surface area contributed by atoms with E-state index >= 15 is 0 Å². The minimum atomic E-state index is -0.877. The van der Waals surface area contributed by atoms with Gasteiger partial charge in [0.05, 0.1) is 12.1 Å². The Balaban J connectivity index is 2.19. The lowest BCUT2D eigenvalue weighted by atomic mass is 10.0. The maximum absolute atomic E-state index is 10.5. The predicted octanol–water partition coefficient (Wildman–Crippen LogP) is 1.30. The highest BCUT2D eigenvalue weighted by atomic mass is 32.2. The molecule has 1 aromatic heterocycles. The lowest BCUT2D eigenvalue weighted by molar-refractivity contribution is -0.137. The number of nitrogens with two attached hydrogens (primary N) is 1. The van der Waals surface area contributed by atoms with Gasteiger partial charge in [0, 0.05) is 23.7 Å². The number of hydrogen-bond acceptors (Lipinski definition) is 4. The van der Waals surface area contributed by atoms with E-state index in [-0.39, 0.29) is 6.42 Å². The molecule has 2 heterocycles. The van der Waals surface area contributed by atoms with Crippen LogP contribution in [-0.2, 0) is 16.3 Å². The van der Waals surface area contributed by atoms with Crippen molar-refractivity contribution in [3.05, 3.63) is 29.1 Å². The molecule has 0 radical (unpaired) electrons. The lowest BCUT2D eigenvalue weighted by Gasteiger charge is -2.10. The zero-order valence-corrected chi connectivity index (χ0v) is 8.96. The van der Waals surface area contributed by atoms with Crippen LogP contribution in [0.25, 0.3) is 0 Å². The number of nitrogens with zero attached hydrogens (tertiary/aromatic N) is 1. The van der Waals surface area contributed by atoms with E-state index in [1.165, 1.54) is 5.56 Å². The van der Waals surface area contributed by atoms with Crippen LogP contribution < -0.4 is 5.73 Å². The number of thioether (sulfide) groups is 1. The van der Waals surface area contributed by atoms with Crippen LogP contribution >= 0.6 is 11.8 Å². The second kappa shape index (κ2) is 4.20. The molecule has 1 atom stereocenters. The quantitative estimate of drug-likeness (QED) is 0.809. The van der Waals surface area contributed by atoms with Gasteiger partial charge in [0.15, 0.2) is 0 Å². The molecular formula is C10H12N2O2S. The van der Waals surface area contributed by atoms with Crippen LogP contribution in [0.3, 0.4) is 0 Å². The zero-order valence-electron chi connectivity index (χ0n) is 8.14. The number of carboxylic acid groups (broad SMARTS) is 1. The van der Waals surface area contributed by atoms with E-state index < -0.39 is 12.0 Å². The second-order valence-corrected chi connectivity index (χ2v) is 4.56. The largest absolute Gasteiger partial charge is 0.481 e. The molecule has 5 heteroatoms. The smallest absolute Gasteiger partial charge is 0.305 e. The molecule has 0 spiro atoms. The highest BCUT2D eigenvalue weighted by Crippen LogP contribution is 2.29. The molecule has 1 aromatic rings. The summed E-state index contributed by atoms with van der Waals surface area (Å²) in [5.41, 5.74) is 8.88. The highest BCUT2D eigenvalue weighted by molar-refractivity contribution is 7.98. The van der Waals surface area contributed by atoms with Crippen molar-refractivity contribution in [3.63, 3.8) is 0 Å². The maximum Gasteiger partial charge on any atom is 0.305 e. The summed E-state index contributed by atoms with van der Waals surface area (Å²) in [7, 11) is 0. The Labute approximate surface area is 91.9 Å². The molecule has 4 nitrogen and oxygen atoms in total. The Kier molecular flexibility index (Phi) is 2.93. The minimum Gasteiger partial charge on any atom is -0.481 e. The standard InChI is InChI=1S/C10H12N2O2S/c11-8(2-10(13)14)6-1-7-4-15-5-9(7)12-3-6/h1,3,8H,2,4-5,11H2,(H,13,14). The van der Waals surface area contributed by atoms with Gasteiger partial charge in [-0.25, -0.2) is 0 Å². The predicted molar refractivity (Wildman–Crippen MR) is 58.4 cm³/mol. The van der Waals surface area contributed by atoms with Gasteiger partial charge in [-0.1, -0.05) is 0 Å². The average Bonchev–Trinajstić information content (AvgIpc) is 2.62. The molecule has 0 saturated carbocycles. The first-order chi connectivity index (χ1) is 7.16. The van der Waals surface area contributed by atoms with Crippen LogP contribution in [0.5, 0.6) is 0 Å². The summed E-state index contributed by atoms with van der Waals surface area (Å²) < 4.78 is 0. The first-order valence-corrected chi connectivity index (χ1v) is 5.85. The van der Waals surface area contributed by atoms with Gasteiger partial charge >= 0.3 is 5.97 Å². The second-order valence-electron chi connectivity index (χ2n) is 3.57. The summed E-state index contributed by atoms with van der Waals surface area (Å²) in [4.78, 5) is 14.8. The van der Waals surface area contributed by atoms with Gasteiger partial charge in [-0.15, -0.1) is 0 Å². The Morgan fingerprint density at radius 2 is 2.47 bits per heavy atom. The number of aromatic nitrogens is 1. The molecule has 2 rings (SSSR count). The normalized spacial score (nSPS) is 16.1. The number of pyridine rings is 1. The summed E-state index contributed by atoms with van der Waals surface area (Å²) >= 11 is 1.82. The van der Waals surface area contributed by atoms with Crippen molar-refractivity contribution in [2.24, 2.45) is 5.73 Å². The summed E-state index contributed by atoms with van der Waals surface area (Å²) in [6.45, 7) is 0. The van der Waals surface area contributed by atoms with Gasteiger partial charge in [0.2, 0.25) is 0 Å². The van der Waals surface area contributed by atoms with E-state index in [1.54, 1.807) is 6.20 Å². The summed E-state index contributed by atoms with van der Waals surface area (Å²) in [6, 6.07) is 1.53. The van der Waals surface area contributed by atoms with Gasteiger partial charge in [-0.3, -0.25) is 9.78 Å². The third kappa shape index (κ3) is 2.30. The molecule has 0 aliphatic carbocycles. The average molecular weight is 224 g/mol. The van der Waals surface area contributed by atoms with Crippen molar-refractivity contribution in [1.29, 1.82) is 0 Å². The molecule has 0 saturated heterocycles. The van der Waals surface area contributed by atoms with Crippen molar-refractivity contribution in [2.75, 3.05) is 0 Å². The molecule has 0 aromatic carbocycles. The van der Waals surface area contributed by atoms with Crippen molar-refractivity contribution in [2.45, 2.75) is 24.0 Å². The SMILES string of the molecule is NC(CC(=O)O)c1cnc2c(c1)CSC2. The fourth-order valence-corrected chi connectivity index (χ4v) is 2.60. The fourth-order valence-electron chi connectivity index (χ4n) is 1.58. The minimum absolute atomic E-state index is 0.0480. The Hall–Kier alpha value is -1.07. The molecule has 1 aliphatic heterocycles.